The van der Waals surface area contributed by atoms with Crippen LogP contribution in [0.15, 0.2) is 145 Å². The molecular formula is C32H29F5O. The first-order chi connectivity index (χ1) is 17.8. The van der Waals surface area contributed by atoms with Crippen molar-refractivity contribution in [3.63, 3.8) is 0 Å². The van der Waals surface area contributed by atoms with Crippen molar-refractivity contribution in [2.24, 2.45) is 0 Å². The third-order valence-electron chi connectivity index (χ3n) is 5.83. The van der Waals surface area contributed by atoms with Gasteiger partial charge in [0.2, 0.25) is 5.83 Å². The molecule has 6 heteroatoms. The van der Waals surface area contributed by atoms with Crippen molar-refractivity contribution < 1.29 is 26.7 Å². The minimum atomic E-state index is -1.38. The largest absolute Gasteiger partial charge is 0.487 e. The van der Waals surface area contributed by atoms with E-state index in [-0.39, 0.29) is 29.7 Å². The van der Waals surface area contributed by atoms with Crippen molar-refractivity contribution in [1.82, 2.24) is 0 Å². The van der Waals surface area contributed by atoms with E-state index in [9.17, 15) is 13.2 Å². The first-order valence-corrected chi connectivity index (χ1v) is 11.5. The fraction of sp³-hybridized carbons (Fsp3) is 0.125. The Bertz CT molecular complexity index is 1380. The van der Waals surface area contributed by atoms with Crippen molar-refractivity contribution in [2.75, 3.05) is 6.61 Å². The van der Waals surface area contributed by atoms with Crippen LogP contribution in [0.2, 0.25) is 0 Å². The Morgan fingerprint density at radius 1 is 0.842 bits per heavy atom. The summed E-state index contributed by atoms with van der Waals surface area (Å²) in [6.45, 7) is 26.2. The van der Waals surface area contributed by atoms with E-state index in [2.05, 4.69) is 46.1 Å². The van der Waals surface area contributed by atoms with Gasteiger partial charge in [-0.15, -0.1) is 0 Å². The molecule has 0 saturated carbocycles. The van der Waals surface area contributed by atoms with Crippen molar-refractivity contribution >= 4 is 5.83 Å². The van der Waals surface area contributed by atoms with Gasteiger partial charge in [0.25, 0.3) is 0 Å². The number of hydrogen-bond acceptors (Lipinski definition) is 1. The van der Waals surface area contributed by atoms with Crippen LogP contribution in [0.5, 0.6) is 0 Å². The summed E-state index contributed by atoms with van der Waals surface area (Å²) in [5.74, 6) is -6.68. The number of fused-ring (bicyclic) bond motifs is 1. The fourth-order valence-corrected chi connectivity index (χ4v) is 3.52. The summed E-state index contributed by atoms with van der Waals surface area (Å²) in [6.07, 6.45) is 4.30. The van der Waals surface area contributed by atoms with E-state index < -0.39 is 51.6 Å². The first-order valence-electron chi connectivity index (χ1n) is 11.5. The summed E-state index contributed by atoms with van der Waals surface area (Å²) in [5.41, 5.74) is 0.572. The van der Waals surface area contributed by atoms with Gasteiger partial charge in [0.15, 0.2) is 23.2 Å². The predicted molar refractivity (Wildman–Crippen MR) is 146 cm³/mol. The monoisotopic (exact) mass is 524 g/mol. The quantitative estimate of drug-likeness (QED) is 0.114. The molecular weight excluding hydrogens is 495 g/mol. The number of hydrogen-bond donors (Lipinski definition) is 0. The normalized spacial score (nSPS) is 14.3. The van der Waals surface area contributed by atoms with Gasteiger partial charge < -0.3 is 4.74 Å². The van der Waals surface area contributed by atoms with Crippen LogP contribution in [-0.4, -0.2) is 6.61 Å². The molecule has 1 aromatic carbocycles. The Morgan fingerprint density at radius 2 is 1.39 bits per heavy atom. The lowest BCUT2D eigenvalue weighted by atomic mass is 9.86. The molecule has 0 saturated heterocycles. The van der Waals surface area contributed by atoms with Gasteiger partial charge in [-0.25, -0.2) is 17.6 Å². The van der Waals surface area contributed by atoms with Crippen LogP contribution in [0.3, 0.4) is 0 Å². The molecule has 0 atom stereocenters. The topological polar surface area (TPSA) is 9.23 Å². The lowest BCUT2D eigenvalue weighted by molar-refractivity contribution is 0.241. The Balaban J connectivity index is 2.19. The summed E-state index contributed by atoms with van der Waals surface area (Å²) in [6, 6.07) is 5.19. The number of allylic oxidation sites excluding steroid dienone is 12. The minimum absolute atomic E-state index is 0.0319. The molecule has 1 aliphatic carbocycles. The summed E-state index contributed by atoms with van der Waals surface area (Å²) in [4.78, 5) is 0. The number of halogens is 5. The van der Waals surface area contributed by atoms with Crippen LogP contribution < -0.4 is 0 Å². The highest BCUT2D eigenvalue weighted by molar-refractivity contribution is 5.73. The van der Waals surface area contributed by atoms with Gasteiger partial charge in [0, 0.05) is 22.3 Å². The van der Waals surface area contributed by atoms with Crippen LogP contribution >= 0.6 is 0 Å². The second kappa shape index (κ2) is 12.9. The molecule has 1 aromatic rings. The number of rotatable bonds is 12. The second-order valence-electron chi connectivity index (χ2n) is 8.55. The first kappa shape index (κ1) is 30.0. The van der Waals surface area contributed by atoms with E-state index in [0.717, 1.165) is 11.1 Å². The average molecular weight is 525 g/mol. The third kappa shape index (κ3) is 6.76. The smallest absolute Gasteiger partial charge is 0.200 e. The second-order valence-corrected chi connectivity index (χ2v) is 8.55. The molecule has 0 radical (unpaired) electrons. The molecule has 2 rings (SSSR count). The number of benzene rings is 1. The van der Waals surface area contributed by atoms with Crippen LogP contribution in [0.1, 0.15) is 23.1 Å². The Kier molecular flexibility index (Phi) is 10.2. The molecule has 1 nitrogen and oxygen atoms in total. The Labute approximate surface area is 220 Å². The predicted octanol–water partition coefficient (Wildman–Crippen LogP) is 9.98. The van der Waals surface area contributed by atoms with E-state index in [0.29, 0.717) is 12.0 Å². The molecule has 198 valence electrons. The van der Waals surface area contributed by atoms with Crippen LogP contribution in [0, 0.1) is 6.92 Å². The lowest BCUT2D eigenvalue weighted by Crippen LogP contribution is -2.06. The summed E-state index contributed by atoms with van der Waals surface area (Å²) < 4.78 is 78.4. The summed E-state index contributed by atoms with van der Waals surface area (Å²) in [7, 11) is 0. The highest BCUT2D eigenvalue weighted by atomic mass is 19.2. The molecule has 0 N–H and O–H groups in total. The van der Waals surface area contributed by atoms with Gasteiger partial charge in [-0.05, 0) is 42.0 Å². The van der Waals surface area contributed by atoms with Crippen LogP contribution in [0.4, 0.5) is 22.0 Å². The zero-order valence-electron chi connectivity index (χ0n) is 21.3. The van der Waals surface area contributed by atoms with Crippen molar-refractivity contribution in [1.29, 1.82) is 0 Å². The molecule has 0 heterocycles. The molecule has 0 fully saturated rings. The van der Waals surface area contributed by atoms with Gasteiger partial charge in [-0.1, -0.05) is 88.0 Å². The lowest BCUT2D eigenvalue weighted by Gasteiger charge is -2.20. The highest BCUT2D eigenvalue weighted by Gasteiger charge is 2.25. The molecule has 1 aliphatic rings. The van der Waals surface area contributed by atoms with E-state index in [1.54, 1.807) is 12.1 Å². The van der Waals surface area contributed by atoms with E-state index in [4.69, 9.17) is 4.74 Å². The van der Waals surface area contributed by atoms with Crippen LogP contribution in [-0.2, 0) is 11.2 Å². The summed E-state index contributed by atoms with van der Waals surface area (Å²) in [5, 5.41) is 0. The summed E-state index contributed by atoms with van der Waals surface area (Å²) >= 11 is 0. The van der Waals surface area contributed by atoms with Crippen molar-refractivity contribution in [3.8, 4) is 0 Å². The molecule has 0 bridgehead atoms. The van der Waals surface area contributed by atoms with Gasteiger partial charge in [-0.2, -0.15) is 4.39 Å². The van der Waals surface area contributed by atoms with Gasteiger partial charge in [0.1, 0.15) is 12.4 Å². The Hall–Kier alpha value is -4.19. The Morgan fingerprint density at radius 3 is 1.95 bits per heavy atom. The van der Waals surface area contributed by atoms with E-state index in [1.165, 1.54) is 18.2 Å². The van der Waals surface area contributed by atoms with Gasteiger partial charge in [0.05, 0.1) is 0 Å². The average Bonchev–Trinajstić information content (AvgIpc) is 2.91. The van der Waals surface area contributed by atoms with Gasteiger partial charge >= 0.3 is 0 Å². The van der Waals surface area contributed by atoms with Gasteiger partial charge in [-0.3, -0.25) is 0 Å². The maximum absolute atomic E-state index is 15.1. The van der Waals surface area contributed by atoms with Crippen molar-refractivity contribution in [3.05, 3.63) is 162 Å². The molecule has 0 amide bonds. The number of ether oxygens (including phenoxy) is 1. The van der Waals surface area contributed by atoms with Crippen LogP contribution in [0.25, 0.3) is 5.83 Å². The molecule has 0 aromatic heterocycles. The standard InChI is InChI=1S/C32H29F5O/c1-9-16-38-24(8)31(36)29(34)22(6)20(4)12-11-19(3)21(5)28(33)30(35)23(7)26-15-13-25-17-18(2)10-14-27(25)32(26)37/h9-12,14,17H,1,3-8,13,15-16H2,2H3/b12-11-,30-28-,31-29-. The SMILES string of the molecule is C=CCOC(=C)/C(F)=C(/F)C(=C)C(=C)/C=C\C(=C)C(=C)/C(F)=C(/F)C(=C)C1=C(F)c2ccc(C)cc2CC1. The van der Waals surface area contributed by atoms with E-state index in [1.807, 2.05) is 13.0 Å². The molecule has 0 spiro atoms. The van der Waals surface area contributed by atoms with Crippen molar-refractivity contribution in [2.45, 2.75) is 19.8 Å². The maximum Gasteiger partial charge on any atom is 0.200 e. The molecule has 0 unspecified atom stereocenters. The minimum Gasteiger partial charge on any atom is -0.487 e. The molecule has 38 heavy (non-hydrogen) atoms. The fourth-order valence-electron chi connectivity index (χ4n) is 3.52. The van der Waals surface area contributed by atoms with E-state index >= 15 is 8.78 Å². The molecule has 0 aliphatic heterocycles. The third-order valence-corrected chi connectivity index (χ3v) is 5.83. The highest BCUT2D eigenvalue weighted by Crippen LogP contribution is 2.40. The maximum atomic E-state index is 15.1. The number of aryl methyl sites for hydroxylation is 2. The zero-order valence-corrected chi connectivity index (χ0v) is 21.3. The zero-order chi connectivity index (χ0) is 28.7.